The van der Waals surface area contributed by atoms with Crippen LogP contribution in [0.4, 0.5) is 0 Å². The summed E-state index contributed by atoms with van der Waals surface area (Å²) < 4.78 is 15.2. The maximum Gasteiger partial charge on any atom is 0.145 e. The van der Waals surface area contributed by atoms with Crippen LogP contribution >= 0.6 is 0 Å². The van der Waals surface area contributed by atoms with Gasteiger partial charge in [0.25, 0.3) is 0 Å². The van der Waals surface area contributed by atoms with E-state index in [9.17, 15) is 0 Å². The van der Waals surface area contributed by atoms with Crippen molar-refractivity contribution in [2.45, 2.75) is 0 Å². The van der Waals surface area contributed by atoms with Crippen LogP contribution in [0.15, 0.2) is 99.8 Å². The lowest BCUT2D eigenvalue weighted by Crippen LogP contribution is -1.79. The summed E-state index contributed by atoms with van der Waals surface area (Å²) in [6.07, 6.45) is 0. The van der Waals surface area contributed by atoms with Crippen molar-refractivity contribution < 1.29 is 8.83 Å². The van der Waals surface area contributed by atoms with E-state index in [0.29, 0.717) is 0 Å². The third kappa shape index (κ3) is 1.77. The molecule has 0 aliphatic heterocycles. The minimum Gasteiger partial charge on any atom is -0.456 e. The first-order valence-corrected chi connectivity index (χ1v) is 11.2. The molecule has 4 aromatic heterocycles. The number of aromatic nitrogens is 1. The second kappa shape index (κ2) is 5.28. The van der Waals surface area contributed by atoms with E-state index in [0.717, 1.165) is 44.0 Å². The number of hydrogen-bond donors (Lipinski definition) is 0. The Morgan fingerprint density at radius 1 is 0.455 bits per heavy atom. The van der Waals surface area contributed by atoms with E-state index in [1.807, 2.05) is 18.2 Å². The summed E-state index contributed by atoms with van der Waals surface area (Å²) >= 11 is 0. The molecule has 3 heteroatoms. The Kier molecular flexibility index (Phi) is 2.59. The van der Waals surface area contributed by atoms with Gasteiger partial charge in [-0.25, -0.2) is 0 Å². The molecule has 0 radical (unpaired) electrons. The molecule has 3 nitrogen and oxygen atoms in total. The van der Waals surface area contributed by atoms with Crippen LogP contribution in [0.3, 0.4) is 0 Å². The molecule has 9 aromatic rings. The van der Waals surface area contributed by atoms with E-state index < -0.39 is 0 Å². The van der Waals surface area contributed by atoms with Crippen molar-refractivity contribution in [3.63, 3.8) is 0 Å². The molecule has 0 unspecified atom stereocenters. The SMILES string of the molecule is c1ccc2c(c1)oc1cc3c(cc12)c1c2oc4ccccc4c2cc2c4ccccc4n3c21. The Hall–Kier alpha value is -4.50. The molecule has 0 N–H and O–H groups in total. The monoisotopic (exact) mass is 421 g/mol. The summed E-state index contributed by atoms with van der Waals surface area (Å²) in [4.78, 5) is 0. The zero-order valence-electron chi connectivity index (χ0n) is 17.4. The number of nitrogens with zero attached hydrogens (tertiary/aromatic N) is 1. The van der Waals surface area contributed by atoms with Crippen LogP contribution in [-0.2, 0) is 0 Å². The summed E-state index contributed by atoms with van der Waals surface area (Å²) in [5.74, 6) is 0. The number of rotatable bonds is 0. The zero-order valence-corrected chi connectivity index (χ0v) is 17.4. The molecule has 0 fully saturated rings. The van der Waals surface area contributed by atoms with Gasteiger partial charge >= 0.3 is 0 Å². The van der Waals surface area contributed by atoms with Crippen molar-refractivity contribution in [1.29, 1.82) is 0 Å². The molecule has 0 bridgehead atoms. The van der Waals surface area contributed by atoms with Gasteiger partial charge in [0.1, 0.15) is 22.3 Å². The van der Waals surface area contributed by atoms with Crippen LogP contribution in [0.5, 0.6) is 0 Å². The van der Waals surface area contributed by atoms with Crippen LogP contribution in [0.2, 0.25) is 0 Å². The van der Waals surface area contributed by atoms with E-state index >= 15 is 0 Å². The van der Waals surface area contributed by atoms with E-state index in [4.69, 9.17) is 8.83 Å². The number of benzene rings is 5. The summed E-state index contributed by atoms with van der Waals surface area (Å²) in [6, 6.07) is 32.0. The molecule has 4 heterocycles. The fraction of sp³-hybridized carbons (Fsp3) is 0. The molecule has 0 atom stereocenters. The summed E-state index contributed by atoms with van der Waals surface area (Å²) in [5, 5.41) is 9.51. The van der Waals surface area contributed by atoms with Crippen molar-refractivity contribution in [1.82, 2.24) is 4.40 Å². The van der Waals surface area contributed by atoms with Crippen molar-refractivity contribution in [3.8, 4) is 0 Å². The minimum atomic E-state index is 0.912. The van der Waals surface area contributed by atoms with E-state index in [2.05, 4.69) is 77.2 Å². The van der Waals surface area contributed by atoms with Gasteiger partial charge in [-0.05, 0) is 30.3 Å². The maximum atomic E-state index is 6.51. The third-order valence-electron chi connectivity index (χ3n) is 7.31. The molecule has 0 saturated carbocycles. The average Bonchev–Trinajstić information content (AvgIpc) is 3.58. The van der Waals surface area contributed by atoms with Gasteiger partial charge in [0, 0.05) is 43.8 Å². The Balaban J connectivity index is 1.66. The molecule has 0 amide bonds. The first kappa shape index (κ1) is 16.2. The van der Waals surface area contributed by atoms with Crippen molar-refractivity contribution in [2.75, 3.05) is 0 Å². The van der Waals surface area contributed by atoms with Gasteiger partial charge in [0.15, 0.2) is 0 Å². The lowest BCUT2D eigenvalue weighted by molar-refractivity contribution is 0.669. The van der Waals surface area contributed by atoms with Crippen molar-refractivity contribution >= 4 is 82.0 Å². The topological polar surface area (TPSA) is 30.7 Å². The molecule has 0 aliphatic rings. The van der Waals surface area contributed by atoms with Gasteiger partial charge in [-0.15, -0.1) is 0 Å². The van der Waals surface area contributed by atoms with Gasteiger partial charge in [0.2, 0.25) is 0 Å². The predicted octanol–water partition coefficient (Wildman–Crippen LogP) is 8.64. The average molecular weight is 421 g/mol. The maximum absolute atomic E-state index is 6.51. The zero-order chi connectivity index (χ0) is 21.3. The van der Waals surface area contributed by atoms with Gasteiger partial charge in [-0.1, -0.05) is 54.6 Å². The van der Waals surface area contributed by atoms with E-state index in [-0.39, 0.29) is 0 Å². The first-order valence-electron chi connectivity index (χ1n) is 11.2. The Morgan fingerprint density at radius 2 is 1.12 bits per heavy atom. The highest BCUT2D eigenvalue weighted by Gasteiger charge is 2.23. The Labute approximate surface area is 186 Å². The van der Waals surface area contributed by atoms with Gasteiger partial charge < -0.3 is 13.2 Å². The molecule has 0 saturated heterocycles. The van der Waals surface area contributed by atoms with Gasteiger partial charge in [-0.2, -0.15) is 0 Å². The largest absolute Gasteiger partial charge is 0.456 e. The van der Waals surface area contributed by atoms with Crippen LogP contribution in [0.1, 0.15) is 0 Å². The lowest BCUT2D eigenvalue weighted by atomic mass is 10.0. The number of hydrogen-bond acceptors (Lipinski definition) is 2. The molecule has 5 aromatic carbocycles. The van der Waals surface area contributed by atoms with E-state index in [1.54, 1.807) is 0 Å². The number of para-hydroxylation sites is 3. The molecule has 33 heavy (non-hydrogen) atoms. The van der Waals surface area contributed by atoms with Crippen LogP contribution in [0.25, 0.3) is 82.0 Å². The molecule has 0 aliphatic carbocycles. The fourth-order valence-electron chi connectivity index (χ4n) is 5.95. The van der Waals surface area contributed by atoms with Crippen LogP contribution in [-0.4, -0.2) is 4.40 Å². The molecular weight excluding hydrogens is 406 g/mol. The molecular formula is C30H15NO2. The molecule has 0 spiro atoms. The fourth-order valence-corrected chi connectivity index (χ4v) is 5.95. The number of fused-ring (bicyclic) bond motifs is 13. The normalized spacial score (nSPS) is 12.8. The summed E-state index contributed by atoms with van der Waals surface area (Å²) in [5.41, 5.74) is 7.29. The minimum absolute atomic E-state index is 0.912. The van der Waals surface area contributed by atoms with Gasteiger partial charge in [0.05, 0.1) is 21.9 Å². The smallest absolute Gasteiger partial charge is 0.145 e. The Morgan fingerprint density at radius 3 is 1.97 bits per heavy atom. The first-order chi connectivity index (χ1) is 16.4. The second-order valence-electron chi connectivity index (χ2n) is 8.94. The van der Waals surface area contributed by atoms with Crippen molar-refractivity contribution in [3.05, 3.63) is 91.0 Å². The van der Waals surface area contributed by atoms with Crippen molar-refractivity contribution in [2.24, 2.45) is 0 Å². The highest BCUT2D eigenvalue weighted by atomic mass is 16.3. The highest BCUT2D eigenvalue weighted by Crippen LogP contribution is 2.46. The molecule has 9 rings (SSSR count). The van der Waals surface area contributed by atoms with E-state index in [1.165, 1.54) is 38.0 Å². The second-order valence-corrected chi connectivity index (χ2v) is 8.94. The van der Waals surface area contributed by atoms with Crippen LogP contribution in [0, 0.1) is 0 Å². The number of furan rings is 2. The van der Waals surface area contributed by atoms with Crippen LogP contribution < -0.4 is 0 Å². The lowest BCUT2D eigenvalue weighted by Gasteiger charge is -1.99. The van der Waals surface area contributed by atoms with Gasteiger partial charge in [-0.3, -0.25) is 0 Å². The predicted molar refractivity (Wildman–Crippen MR) is 136 cm³/mol. The molecule has 152 valence electrons. The third-order valence-corrected chi connectivity index (χ3v) is 7.31. The standard InChI is InChI=1S/C30H15NO2/c1-4-10-23-16(7-1)20-14-21-18-9-3-6-12-26(18)33-30(21)28-22-13-19-17-8-2-5-11-25(17)32-27(19)15-24(22)31(23)29(20)28/h1-15H. The summed E-state index contributed by atoms with van der Waals surface area (Å²) in [7, 11) is 0. The Bertz CT molecular complexity index is 2240. The summed E-state index contributed by atoms with van der Waals surface area (Å²) in [6.45, 7) is 0. The quantitative estimate of drug-likeness (QED) is 0.245. The highest BCUT2D eigenvalue weighted by molar-refractivity contribution is 6.34.